The van der Waals surface area contributed by atoms with Crippen molar-refractivity contribution < 1.29 is 19.1 Å². The number of likely N-dealkylation sites (tertiary alicyclic amines) is 1. The maximum Gasteiger partial charge on any atom is 0.416 e. The first-order valence-electron chi connectivity index (χ1n) is 10.9. The molecule has 1 aromatic rings. The van der Waals surface area contributed by atoms with Gasteiger partial charge in [0.2, 0.25) is 5.91 Å². The van der Waals surface area contributed by atoms with Crippen molar-refractivity contribution in [2.24, 2.45) is 5.41 Å². The smallest absolute Gasteiger partial charge is 0.416 e. The first kappa shape index (κ1) is 21.0. The topological polar surface area (TPSA) is 84.9 Å². The summed E-state index contributed by atoms with van der Waals surface area (Å²) >= 11 is 0. The molecule has 3 aliphatic heterocycles. The molecule has 8 nitrogen and oxygen atoms in total. The molecule has 1 aromatic heterocycles. The molecule has 2 amide bonds. The number of hydrogen-bond donors (Lipinski definition) is 0. The van der Waals surface area contributed by atoms with Gasteiger partial charge >= 0.3 is 6.09 Å². The highest BCUT2D eigenvalue weighted by atomic mass is 16.6. The van der Waals surface area contributed by atoms with Crippen LogP contribution in [0.3, 0.4) is 0 Å². The van der Waals surface area contributed by atoms with E-state index < -0.39 is 5.60 Å². The van der Waals surface area contributed by atoms with Gasteiger partial charge in [-0.15, -0.1) is 0 Å². The van der Waals surface area contributed by atoms with Crippen molar-refractivity contribution in [1.82, 2.24) is 14.9 Å². The predicted molar refractivity (Wildman–Crippen MR) is 111 cm³/mol. The van der Waals surface area contributed by atoms with Gasteiger partial charge in [-0.2, -0.15) is 0 Å². The molecule has 164 valence electrons. The molecular weight excluding hydrogens is 384 g/mol. The van der Waals surface area contributed by atoms with E-state index in [1.807, 2.05) is 38.7 Å². The molecule has 0 aliphatic carbocycles. The van der Waals surface area contributed by atoms with Crippen molar-refractivity contribution in [3.8, 4) is 0 Å². The Balaban J connectivity index is 1.48. The Morgan fingerprint density at radius 2 is 1.83 bits per heavy atom. The Morgan fingerprint density at radius 3 is 2.47 bits per heavy atom. The molecule has 0 radical (unpaired) electrons. The SMILES string of the molecule is Cc1cc(N2CC3(CCOCC3)OC2=O)nc(C2CCN(C(=O)C(C)(C)C)CC2)n1. The van der Waals surface area contributed by atoms with Crippen LogP contribution in [0.4, 0.5) is 10.6 Å². The van der Waals surface area contributed by atoms with Gasteiger partial charge in [0.05, 0.1) is 19.8 Å². The molecule has 1 spiro atoms. The molecule has 30 heavy (non-hydrogen) atoms. The van der Waals surface area contributed by atoms with E-state index in [0.717, 1.165) is 24.4 Å². The lowest BCUT2D eigenvalue weighted by atomic mass is 9.90. The first-order chi connectivity index (χ1) is 14.2. The van der Waals surface area contributed by atoms with Crippen LogP contribution < -0.4 is 4.90 Å². The number of aryl methyl sites for hydroxylation is 1. The van der Waals surface area contributed by atoms with E-state index in [0.29, 0.717) is 51.5 Å². The second-order valence-electron chi connectivity index (χ2n) is 9.79. The molecule has 0 unspecified atom stereocenters. The minimum Gasteiger partial charge on any atom is -0.440 e. The molecule has 0 N–H and O–H groups in total. The third-order valence-electron chi connectivity index (χ3n) is 6.30. The number of carbonyl (C=O) groups is 2. The summed E-state index contributed by atoms with van der Waals surface area (Å²) in [6.07, 6.45) is 2.75. The second kappa shape index (κ2) is 7.80. The Hall–Kier alpha value is -2.22. The van der Waals surface area contributed by atoms with E-state index in [-0.39, 0.29) is 23.3 Å². The van der Waals surface area contributed by atoms with Crippen molar-refractivity contribution in [2.45, 2.75) is 64.9 Å². The van der Waals surface area contributed by atoms with Gasteiger partial charge in [-0.25, -0.2) is 14.8 Å². The Kier molecular flexibility index (Phi) is 5.46. The van der Waals surface area contributed by atoms with Gasteiger partial charge in [0.1, 0.15) is 17.2 Å². The van der Waals surface area contributed by atoms with E-state index in [1.54, 1.807) is 4.90 Å². The lowest BCUT2D eigenvalue weighted by Crippen LogP contribution is -2.44. The Labute approximate surface area is 177 Å². The number of nitrogens with zero attached hydrogens (tertiary/aromatic N) is 4. The minimum atomic E-state index is -0.465. The summed E-state index contributed by atoms with van der Waals surface area (Å²) in [5, 5.41) is 0. The van der Waals surface area contributed by atoms with E-state index >= 15 is 0 Å². The molecule has 8 heteroatoms. The van der Waals surface area contributed by atoms with Crippen LogP contribution in [0.15, 0.2) is 6.07 Å². The number of rotatable bonds is 2. The van der Waals surface area contributed by atoms with Crippen molar-refractivity contribution in [3.63, 3.8) is 0 Å². The summed E-state index contributed by atoms with van der Waals surface area (Å²) in [6, 6.07) is 1.85. The number of anilines is 1. The zero-order valence-corrected chi connectivity index (χ0v) is 18.4. The number of amides is 2. The van der Waals surface area contributed by atoms with Crippen molar-refractivity contribution in [2.75, 3.05) is 37.7 Å². The molecule has 3 saturated heterocycles. The summed E-state index contributed by atoms with van der Waals surface area (Å²) in [6.45, 7) is 10.9. The van der Waals surface area contributed by atoms with Crippen LogP contribution in [-0.4, -0.2) is 65.3 Å². The molecular formula is C22H32N4O4. The fraction of sp³-hybridized carbons (Fsp3) is 0.727. The molecule has 3 aliphatic rings. The van der Waals surface area contributed by atoms with Gasteiger partial charge in [-0.05, 0) is 19.8 Å². The predicted octanol–water partition coefficient (Wildman–Crippen LogP) is 3.04. The van der Waals surface area contributed by atoms with Gasteiger partial charge in [-0.3, -0.25) is 9.69 Å². The highest BCUT2D eigenvalue weighted by Crippen LogP contribution is 2.35. The summed E-state index contributed by atoms with van der Waals surface area (Å²) in [5.74, 6) is 1.74. The van der Waals surface area contributed by atoms with Gasteiger partial charge < -0.3 is 14.4 Å². The molecule has 3 fully saturated rings. The summed E-state index contributed by atoms with van der Waals surface area (Å²) in [5.41, 5.74) is 0.00669. The molecule has 0 bridgehead atoms. The van der Waals surface area contributed by atoms with Crippen LogP contribution in [0.5, 0.6) is 0 Å². The fourth-order valence-electron chi connectivity index (χ4n) is 4.51. The number of hydrogen-bond acceptors (Lipinski definition) is 6. The average Bonchev–Trinajstić information content (AvgIpc) is 3.02. The van der Waals surface area contributed by atoms with Crippen LogP contribution in [0.2, 0.25) is 0 Å². The molecule has 4 heterocycles. The Morgan fingerprint density at radius 1 is 1.17 bits per heavy atom. The van der Waals surface area contributed by atoms with E-state index in [1.165, 1.54) is 0 Å². The number of aromatic nitrogens is 2. The highest BCUT2D eigenvalue weighted by Gasteiger charge is 2.47. The van der Waals surface area contributed by atoms with Gasteiger partial charge in [0, 0.05) is 49.0 Å². The standard InChI is InChI=1S/C22H32N4O4/c1-15-13-17(26-14-22(30-20(26)28)7-11-29-12-8-22)24-18(23-15)16-5-9-25(10-6-16)19(27)21(2,3)4/h13,16H,5-12,14H2,1-4H3. The number of carbonyl (C=O) groups excluding carboxylic acids is 2. The summed E-state index contributed by atoms with van der Waals surface area (Å²) in [7, 11) is 0. The molecule has 0 aromatic carbocycles. The van der Waals surface area contributed by atoms with Crippen LogP contribution in [0.25, 0.3) is 0 Å². The largest absolute Gasteiger partial charge is 0.440 e. The summed E-state index contributed by atoms with van der Waals surface area (Å²) in [4.78, 5) is 38.2. The zero-order chi connectivity index (χ0) is 21.5. The van der Waals surface area contributed by atoms with Crippen LogP contribution >= 0.6 is 0 Å². The van der Waals surface area contributed by atoms with Crippen molar-refractivity contribution in [3.05, 3.63) is 17.6 Å². The van der Waals surface area contributed by atoms with Gasteiger partial charge in [-0.1, -0.05) is 20.8 Å². The van der Waals surface area contributed by atoms with Crippen molar-refractivity contribution >= 4 is 17.8 Å². The van der Waals surface area contributed by atoms with Crippen LogP contribution in [0.1, 0.15) is 63.9 Å². The lowest BCUT2D eigenvalue weighted by molar-refractivity contribution is -0.140. The number of piperidine rings is 1. The van der Waals surface area contributed by atoms with E-state index in [9.17, 15) is 9.59 Å². The maximum atomic E-state index is 12.6. The van der Waals surface area contributed by atoms with Crippen LogP contribution in [0, 0.1) is 12.3 Å². The van der Waals surface area contributed by atoms with E-state index in [2.05, 4.69) is 4.98 Å². The van der Waals surface area contributed by atoms with Gasteiger partial charge in [0.15, 0.2) is 0 Å². The monoisotopic (exact) mass is 416 g/mol. The summed E-state index contributed by atoms with van der Waals surface area (Å²) < 4.78 is 11.2. The first-order valence-corrected chi connectivity index (χ1v) is 10.9. The second-order valence-corrected chi connectivity index (χ2v) is 9.79. The molecule has 4 rings (SSSR count). The van der Waals surface area contributed by atoms with Gasteiger partial charge in [0.25, 0.3) is 0 Å². The van der Waals surface area contributed by atoms with Crippen LogP contribution in [-0.2, 0) is 14.3 Å². The lowest BCUT2D eigenvalue weighted by Gasteiger charge is -2.35. The number of ether oxygens (including phenoxy) is 2. The molecule has 0 saturated carbocycles. The Bertz CT molecular complexity index is 821. The van der Waals surface area contributed by atoms with Crippen molar-refractivity contribution in [1.29, 1.82) is 0 Å². The van der Waals surface area contributed by atoms with E-state index in [4.69, 9.17) is 14.5 Å². The minimum absolute atomic E-state index is 0.184. The normalized spacial score (nSPS) is 22.5. The third-order valence-corrected chi connectivity index (χ3v) is 6.30. The third kappa shape index (κ3) is 4.15. The zero-order valence-electron chi connectivity index (χ0n) is 18.4. The average molecular weight is 417 g/mol. The molecule has 0 atom stereocenters. The maximum absolute atomic E-state index is 12.6. The highest BCUT2D eigenvalue weighted by molar-refractivity contribution is 5.89. The fourth-order valence-corrected chi connectivity index (χ4v) is 4.51. The quantitative estimate of drug-likeness (QED) is 0.737.